The van der Waals surface area contributed by atoms with Crippen molar-refractivity contribution in [2.45, 2.75) is 70.9 Å². The van der Waals surface area contributed by atoms with Crippen molar-refractivity contribution in [1.29, 1.82) is 0 Å². The minimum atomic E-state index is -2.76. The third-order valence-corrected chi connectivity index (χ3v) is 24.6. The van der Waals surface area contributed by atoms with E-state index in [2.05, 4.69) is 128 Å². The van der Waals surface area contributed by atoms with E-state index in [1.54, 1.807) is 33.4 Å². The first-order valence-corrected chi connectivity index (χ1v) is 21.7. The number of fused-ring (bicyclic) bond motifs is 2. The first-order chi connectivity index (χ1) is 19.7. The molecule has 0 radical (unpaired) electrons. The van der Waals surface area contributed by atoms with Crippen molar-refractivity contribution in [3.63, 3.8) is 0 Å². The molecule has 4 aromatic rings. The van der Waals surface area contributed by atoms with Crippen LogP contribution in [0.4, 0.5) is 0 Å². The molecule has 1 aliphatic heterocycles. The molecule has 2 aliphatic carbocycles. The standard InChI is InChI=1S/2C19H19.C2H4.2ClH.Zr/c2*1-12-10-17-14(3)13(2)15(4)19(18(17)11-12)16-8-6-5-7-9-16;1-2;;;/h2*5-11H,1-4H3;1-2H2;2*1H;/q;;;;;+2/p-2. The summed E-state index contributed by atoms with van der Waals surface area (Å²) < 4.78 is 4.33. The van der Waals surface area contributed by atoms with E-state index < -0.39 is 20.3 Å². The molecule has 7 rings (SSSR count). The third kappa shape index (κ3) is 4.64. The topological polar surface area (TPSA) is 0 Å². The molecule has 0 amide bonds. The van der Waals surface area contributed by atoms with Crippen molar-refractivity contribution in [3.8, 4) is 22.3 Å². The first-order valence-electron chi connectivity index (χ1n) is 15.4. The Labute approximate surface area is 275 Å². The maximum atomic E-state index is 2.61. The summed E-state index contributed by atoms with van der Waals surface area (Å²) in [5.41, 5.74) is 24.4. The van der Waals surface area contributed by atoms with Crippen molar-refractivity contribution < 1.29 is 45.1 Å². The fourth-order valence-corrected chi connectivity index (χ4v) is 27.0. The molecule has 3 heteroatoms. The molecular formula is C40H42Cl2Zr. The van der Waals surface area contributed by atoms with E-state index in [1.807, 2.05) is 0 Å². The van der Waals surface area contributed by atoms with Crippen molar-refractivity contribution in [2.24, 2.45) is 0 Å². The van der Waals surface area contributed by atoms with E-state index in [9.17, 15) is 0 Å². The molecule has 3 aliphatic rings. The van der Waals surface area contributed by atoms with Gasteiger partial charge in [-0.25, -0.2) is 0 Å². The van der Waals surface area contributed by atoms with Crippen molar-refractivity contribution in [3.05, 3.63) is 127 Å². The van der Waals surface area contributed by atoms with Gasteiger partial charge in [-0.3, -0.25) is 0 Å². The Morgan fingerprint density at radius 3 is 1.14 bits per heavy atom. The van der Waals surface area contributed by atoms with Crippen LogP contribution in [0.5, 0.6) is 0 Å². The van der Waals surface area contributed by atoms with Crippen molar-refractivity contribution in [1.82, 2.24) is 0 Å². The molecular weight excluding hydrogens is 643 g/mol. The number of rotatable bonds is 4. The van der Waals surface area contributed by atoms with Gasteiger partial charge in [-0.15, -0.1) is 0 Å². The number of allylic oxidation sites excluding steroid dienone is 2. The van der Waals surface area contributed by atoms with Gasteiger partial charge in [-0.1, -0.05) is 0 Å². The molecule has 0 nitrogen and oxygen atoms in total. The second-order valence-electron chi connectivity index (χ2n) is 13.3. The van der Waals surface area contributed by atoms with Gasteiger partial charge in [-0.2, -0.15) is 0 Å². The second kappa shape index (κ2) is 11.6. The maximum Gasteiger partial charge on any atom is -1.00 e. The van der Waals surface area contributed by atoms with Gasteiger partial charge in [0.05, 0.1) is 0 Å². The molecule has 0 N–H and O–H groups in total. The SMILES string of the molecule is CC1=Cc2c(-c3ccccc3)c(C)c(C)c(C)c2[CH]1[Zr+2]1([CH]2C(C)=Cc3c(-c4ccccc4)c(C)c(C)c(C)c32)[CH2][CH2]1.[Cl-].[Cl-]. The number of hydrogen-bond acceptors (Lipinski definition) is 0. The number of benzene rings is 4. The van der Waals surface area contributed by atoms with Crippen LogP contribution < -0.4 is 24.8 Å². The van der Waals surface area contributed by atoms with Gasteiger partial charge in [0.1, 0.15) is 0 Å². The van der Waals surface area contributed by atoms with Gasteiger partial charge in [0, 0.05) is 0 Å². The normalized spacial score (nSPS) is 18.3. The Balaban J connectivity index is 0.00000184. The van der Waals surface area contributed by atoms with Crippen LogP contribution >= 0.6 is 0 Å². The van der Waals surface area contributed by atoms with E-state index >= 15 is 0 Å². The summed E-state index contributed by atoms with van der Waals surface area (Å²) in [5.74, 6) is 0. The Morgan fingerprint density at radius 2 is 0.814 bits per heavy atom. The van der Waals surface area contributed by atoms with Gasteiger partial charge < -0.3 is 24.8 Å². The van der Waals surface area contributed by atoms with Crippen LogP contribution in [0.1, 0.15) is 76.7 Å². The predicted molar refractivity (Wildman–Crippen MR) is 175 cm³/mol. The maximum absolute atomic E-state index is 2.76. The van der Waals surface area contributed by atoms with Gasteiger partial charge >= 0.3 is 253 Å². The summed E-state index contributed by atoms with van der Waals surface area (Å²) in [5, 5.41) is 0. The molecule has 1 fully saturated rings. The Morgan fingerprint density at radius 1 is 0.465 bits per heavy atom. The molecule has 1 heterocycles. The van der Waals surface area contributed by atoms with E-state index in [-0.39, 0.29) is 24.8 Å². The van der Waals surface area contributed by atoms with Gasteiger partial charge in [0.15, 0.2) is 0 Å². The van der Waals surface area contributed by atoms with Crippen LogP contribution in [0, 0.1) is 41.5 Å². The molecule has 0 spiro atoms. The predicted octanol–water partition coefficient (Wildman–Crippen LogP) is 5.50. The van der Waals surface area contributed by atoms with E-state index in [4.69, 9.17) is 0 Å². The summed E-state index contributed by atoms with van der Waals surface area (Å²) in [6.45, 7) is 19.2. The van der Waals surface area contributed by atoms with Gasteiger partial charge in [0.25, 0.3) is 0 Å². The zero-order valence-corrected chi connectivity index (χ0v) is 30.7. The zero-order valence-electron chi connectivity index (χ0n) is 26.8. The molecule has 0 aromatic heterocycles. The van der Waals surface area contributed by atoms with E-state index in [0.717, 1.165) is 0 Å². The quantitative estimate of drug-likeness (QED) is 0.267. The average molecular weight is 685 g/mol. The zero-order chi connectivity index (χ0) is 28.8. The number of halogens is 2. The van der Waals surface area contributed by atoms with Gasteiger partial charge in [0.2, 0.25) is 0 Å². The van der Waals surface area contributed by atoms with Crippen LogP contribution in [0.15, 0.2) is 71.8 Å². The first kappa shape index (κ1) is 32.2. The van der Waals surface area contributed by atoms with Crippen molar-refractivity contribution in [2.75, 3.05) is 0 Å². The summed E-state index contributed by atoms with van der Waals surface area (Å²) in [4.78, 5) is 0. The van der Waals surface area contributed by atoms with Gasteiger partial charge in [-0.05, 0) is 0 Å². The van der Waals surface area contributed by atoms with E-state index in [0.29, 0.717) is 7.25 Å². The molecule has 2 unspecified atom stereocenters. The molecule has 220 valence electrons. The monoisotopic (exact) mass is 682 g/mol. The summed E-state index contributed by atoms with van der Waals surface area (Å²) in [7, 11) is 0. The summed E-state index contributed by atoms with van der Waals surface area (Å²) in [6.07, 6.45) is 5.21. The molecule has 43 heavy (non-hydrogen) atoms. The number of hydrogen-bond donors (Lipinski definition) is 0. The van der Waals surface area contributed by atoms with Crippen LogP contribution in [0.2, 0.25) is 8.26 Å². The molecule has 1 saturated heterocycles. The molecule has 0 bridgehead atoms. The van der Waals surface area contributed by atoms with Crippen LogP contribution in [0.25, 0.3) is 34.4 Å². The van der Waals surface area contributed by atoms with Crippen LogP contribution in [-0.4, -0.2) is 0 Å². The molecule has 2 atom stereocenters. The Kier molecular flexibility index (Phi) is 8.72. The van der Waals surface area contributed by atoms with Crippen LogP contribution in [0.3, 0.4) is 0 Å². The van der Waals surface area contributed by atoms with Crippen molar-refractivity contribution >= 4 is 12.2 Å². The minimum absolute atomic E-state index is 0. The third-order valence-electron chi connectivity index (χ3n) is 11.3. The minimum Gasteiger partial charge on any atom is -1.00 e. The Bertz CT molecular complexity index is 1680. The summed E-state index contributed by atoms with van der Waals surface area (Å²) >= 11 is -2.76. The fraction of sp³-hybridized carbons (Fsp3) is 0.300. The van der Waals surface area contributed by atoms with E-state index in [1.165, 1.54) is 63.9 Å². The molecule has 0 saturated carbocycles. The largest absolute Gasteiger partial charge is 1.00 e. The molecule has 4 aromatic carbocycles. The van der Waals surface area contributed by atoms with Crippen LogP contribution in [-0.2, 0) is 20.3 Å². The average Bonchev–Trinajstić information content (AvgIpc) is 3.57. The smallest absolute Gasteiger partial charge is 1.00 e. The Hall–Kier alpha value is -2.18. The second-order valence-corrected chi connectivity index (χ2v) is 24.6. The fourth-order valence-electron chi connectivity index (χ4n) is 8.86. The summed E-state index contributed by atoms with van der Waals surface area (Å²) in [6, 6.07) is 22.3.